The molecule has 0 aliphatic heterocycles. The molecule has 2 atom stereocenters. The molecule has 0 radical (unpaired) electrons. The van der Waals surface area contributed by atoms with Gasteiger partial charge in [0.05, 0.1) is 6.61 Å². The van der Waals surface area contributed by atoms with Gasteiger partial charge < -0.3 is 25.4 Å². The van der Waals surface area contributed by atoms with Crippen molar-refractivity contribution >= 4 is 23.6 Å². The number of hydrogen-bond acceptors (Lipinski definition) is 5. The van der Waals surface area contributed by atoms with Crippen molar-refractivity contribution < 1.29 is 24.2 Å². The van der Waals surface area contributed by atoms with Gasteiger partial charge >= 0.3 is 6.09 Å². The van der Waals surface area contributed by atoms with Crippen molar-refractivity contribution in [2.24, 2.45) is 0 Å². The Morgan fingerprint density at radius 2 is 1.67 bits per heavy atom. The number of anilines is 1. The first-order chi connectivity index (χ1) is 16.9. The molecule has 0 heterocycles. The van der Waals surface area contributed by atoms with Gasteiger partial charge in [0.2, 0.25) is 5.91 Å². The topological polar surface area (TPSA) is 108 Å². The molecule has 1 aliphatic carbocycles. The first kappa shape index (κ1) is 27.2. The Hall–Kier alpha value is -3.39. The molecule has 1 fully saturated rings. The van der Waals surface area contributed by atoms with E-state index in [2.05, 4.69) is 10.6 Å². The van der Waals surface area contributed by atoms with Gasteiger partial charge in [-0.1, -0.05) is 47.5 Å². The van der Waals surface area contributed by atoms with E-state index in [9.17, 15) is 19.5 Å². The summed E-state index contributed by atoms with van der Waals surface area (Å²) in [5.41, 5.74) is 3.39. The number of amides is 3. The number of carbonyl (C=O) groups is 3. The predicted octanol–water partition coefficient (Wildman–Crippen LogP) is 4.17. The second-order valence-corrected chi connectivity index (χ2v) is 10.5. The van der Waals surface area contributed by atoms with Crippen molar-refractivity contribution in [1.29, 1.82) is 0 Å². The van der Waals surface area contributed by atoms with Crippen molar-refractivity contribution in [3.8, 4) is 0 Å². The van der Waals surface area contributed by atoms with E-state index in [1.54, 1.807) is 20.8 Å². The van der Waals surface area contributed by atoms with Gasteiger partial charge in [-0.3, -0.25) is 9.59 Å². The Balaban J connectivity index is 1.99. The Morgan fingerprint density at radius 1 is 1.06 bits per heavy atom. The number of carbonyl (C=O) groups excluding carboxylic acids is 3. The highest BCUT2D eigenvalue weighted by atomic mass is 16.6. The number of alkyl carbamates (subject to hydrolysis) is 1. The third-order valence-electron chi connectivity index (χ3n) is 5.86. The smallest absolute Gasteiger partial charge is 0.408 e. The largest absolute Gasteiger partial charge is 0.444 e. The van der Waals surface area contributed by atoms with E-state index in [0.717, 1.165) is 29.5 Å². The van der Waals surface area contributed by atoms with E-state index in [-0.39, 0.29) is 11.9 Å². The fourth-order valence-electron chi connectivity index (χ4n) is 4.21. The molecule has 2 unspecified atom stereocenters. The van der Waals surface area contributed by atoms with Gasteiger partial charge in [-0.2, -0.15) is 0 Å². The lowest BCUT2D eigenvalue weighted by molar-refractivity contribution is -0.142. The normalized spacial score (nSPS) is 15.0. The molecule has 0 bridgehead atoms. The summed E-state index contributed by atoms with van der Waals surface area (Å²) in [7, 11) is 0. The molecule has 36 heavy (non-hydrogen) atoms. The zero-order valence-corrected chi connectivity index (χ0v) is 21.9. The average Bonchev–Trinajstić information content (AvgIpc) is 3.60. The molecule has 3 N–H and O–H groups in total. The quantitative estimate of drug-likeness (QED) is 0.510. The van der Waals surface area contributed by atoms with Crippen LogP contribution in [0.1, 0.15) is 61.9 Å². The maximum Gasteiger partial charge on any atom is 0.408 e. The number of nitrogens with one attached hydrogen (secondary N) is 2. The molecule has 3 rings (SSSR count). The summed E-state index contributed by atoms with van der Waals surface area (Å²) in [4.78, 5) is 41.5. The Kier molecular flexibility index (Phi) is 8.40. The maximum atomic E-state index is 13.8. The van der Waals surface area contributed by atoms with Crippen LogP contribution in [0.4, 0.5) is 10.5 Å². The third-order valence-corrected chi connectivity index (χ3v) is 5.86. The van der Waals surface area contributed by atoms with Gasteiger partial charge in [-0.25, -0.2) is 4.79 Å². The number of aliphatic hydroxyl groups excluding tert-OH is 1. The summed E-state index contributed by atoms with van der Waals surface area (Å²) in [6, 6.07) is 10.9. The Morgan fingerprint density at radius 3 is 2.19 bits per heavy atom. The minimum absolute atomic E-state index is 0.180. The molecule has 2 aromatic carbocycles. The van der Waals surface area contributed by atoms with Gasteiger partial charge in [-0.15, -0.1) is 0 Å². The second kappa shape index (κ2) is 11.1. The van der Waals surface area contributed by atoms with Crippen LogP contribution in [0.3, 0.4) is 0 Å². The first-order valence-electron chi connectivity index (χ1n) is 12.3. The van der Waals surface area contributed by atoms with Crippen LogP contribution >= 0.6 is 0 Å². The van der Waals surface area contributed by atoms with Gasteiger partial charge in [-0.05, 0) is 71.6 Å². The fraction of sp³-hybridized carbons (Fsp3) is 0.464. The molecular weight excluding hydrogens is 458 g/mol. The van der Waals surface area contributed by atoms with Crippen LogP contribution in [0.15, 0.2) is 42.5 Å². The average molecular weight is 496 g/mol. The number of para-hydroxylation sites is 1. The third kappa shape index (κ3) is 7.07. The molecule has 1 aliphatic rings. The summed E-state index contributed by atoms with van der Waals surface area (Å²) in [5.74, 6) is -0.890. The van der Waals surface area contributed by atoms with Crippen molar-refractivity contribution in [1.82, 2.24) is 10.2 Å². The van der Waals surface area contributed by atoms with Crippen molar-refractivity contribution in [2.75, 3.05) is 11.9 Å². The maximum absolute atomic E-state index is 13.8. The molecule has 194 valence electrons. The zero-order valence-electron chi connectivity index (χ0n) is 21.9. The van der Waals surface area contributed by atoms with E-state index >= 15 is 0 Å². The van der Waals surface area contributed by atoms with Crippen LogP contribution < -0.4 is 10.6 Å². The molecule has 0 spiro atoms. The van der Waals surface area contributed by atoms with E-state index in [4.69, 9.17) is 4.74 Å². The van der Waals surface area contributed by atoms with Crippen molar-refractivity contribution in [3.05, 3.63) is 64.7 Å². The van der Waals surface area contributed by atoms with E-state index in [0.29, 0.717) is 11.3 Å². The van der Waals surface area contributed by atoms with Gasteiger partial charge in [0, 0.05) is 11.7 Å². The second-order valence-electron chi connectivity index (χ2n) is 10.5. The Labute approximate surface area is 213 Å². The lowest BCUT2D eigenvalue weighted by Gasteiger charge is -2.34. The summed E-state index contributed by atoms with van der Waals surface area (Å²) < 4.78 is 5.28. The summed E-state index contributed by atoms with van der Waals surface area (Å²) in [6.07, 6.45) is 0.655. The summed E-state index contributed by atoms with van der Waals surface area (Å²) in [6.45, 7) is 10.3. The van der Waals surface area contributed by atoms with Gasteiger partial charge in [0.15, 0.2) is 0 Å². The predicted molar refractivity (Wildman–Crippen MR) is 139 cm³/mol. The van der Waals surface area contributed by atoms with Gasteiger partial charge in [0.1, 0.15) is 17.7 Å². The van der Waals surface area contributed by atoms with Crippen molar-refractivity contribution in [2.45, 2.75) is 78.1 Å². The molecule has 2 aromatic rings. The monoisotopic (exact) mass is 495 g/mol. The molecule has 3 amide bonds. The molecule has 8 heteroatoms. The first-order valence-corrected chi connectivity index (χ1v) is 12.3. The SMILES string of the molecule is Cc1cc(C)cc(C(C(=O)Nc2ccccc2C)N(C(=O)C(CO)NC(=O)OC(C)(C)C)C2CC2)c1. The van der Waals surface area contributed by atoms with Gasteiger partial charge in [0.25, 0.3) is 5.91 Å². The standard InChI is InChI=1S/C28H37N3O5/c1-17-13-18(2)15-20(14-17)24(25(33)29-22-10-8-7-9-19(22)3)31(21-11-12-21)26(34)23(16-32)30-27(35)36-28(4,5)6/h7-10,13-15,21,23-24,32H,11-12,16H2,1-6H3,(H,29,33)(H,30,35). The minimum Gasteiger partial charge on any atom is -0.444 e. The molecule has 1 saturated carbocycles. The number of aliphatic hydroxyl groups is 1. The number of ether oxygens (including phenoxy) is 1. The number of aryl methyl sites for hydroxylation is 3. The summed E-state index contributed by atoms with van der Waals surface area (Å²) in [5, 5.41) is 15.5. The number of rotatable bonds is 8. The highest BCUT2D eigenvalue weighted by Gasteiger charge is 2.44. The van der Waals surface area contributed by atoms with E-state index in [1.165, 1.54) is 4.90 Å². The fourth-order valence-corrected chi connectivity index (χ4v) is 4.21. The zero-order chi connectivity index (χ0) is 26.6. The van der Waals surface area contributed by atoms with Crippen LogP contribution in [0.5, 0.6) is 0 Å². The van der Waals surface area contributed by atoms with Crippen LogP contribution in [-0.2, 0) is 14.3 Å². The minimum atomic E-state index is -1.25. The molecule has 0 saturated heterocycles. The summed E-state index contributed by atoms with van der Waals surface area (Å²) >= 11 is 0. The van der Waals surface area contributed by atoms with Crippen LogP contribution in [0.2, 0.25) is 0 Å². The van der Waals surface area contributed by atoms with E-state index < -0.39 is 36.3 Å². The highest BCUT2D eigenvalue weighted by Crippen LogP contribution is 2.36. The molecule has 8 nitrogen and oxygen atoms in total. The lowest BCUT2D eigenvalue weighted by Crippen LogP contribution is -2.54. The van der Waals surface area contributed by atoms with Crippen LogP contribution in [-0.4, -0.2) is 52.2 Å². The van der Waals surface area contributed by atoms with Crippen LogP contribution in [0, 0.1) is 20.8 Å². The number of nitrogens with zero attached hydrogens (tertiary/aromatic N) is 1. The number of benzene rings is 2. The van der Waals surface area contributed by atoms with E-state index in [1.807, 2.05) is 63.2 Å². The Bertz CT molecular complexity index is 1100. The van der Waals surface area contributed by atoms with Crippen molar-refractivity contribution in [3.63, 3.8) is 0 Å². The lowest BCUT2D eigenvalue weighted by atomic mass is 9.98. The molecular formula is C28H37N3O5. The number of hydrogen-bond donors (Lipinski definition) is 3. The van der Waals surface area contributed by atoms with Crippen LogP contribution in [0.25, 0.3) is 0 Å². The molecule has 0 aromatic heterocycles. The highest BCUT2D eigenvalue weighted by molar-refractivity contribution is 5.99.